The molecule has 1 aromatic rings. The Morgan fingerprint density at radius 3 is 2.65 bits per heavy atom. The monoisotopic (exact) mass is 272 g/mol. The van der Waals surface area contributed by atoms with Crippen LogP contribution < -0.4 is 9.44 Å². The molecule has 0 radical (unpaired) electrons. The van der Waals surface area contributed by atoms with E-state index in [1.807, 2.05) is 18.2 Å². The highest BCUT2D eigenvalue weighted by atomic mass is 35.5. The third-order valence-corrected chi connectivity index (χ3v) is 3.49. The van der Waals surface area contributed by atoms with Gasteiger partial charge >= 0.3 is 0 Å². The lowest BCUT2D eigenvalue weighted by atomic mass is 10.1. The molecule has 0 aliphatic carbocycles. The van der Waals surface area contributed by atoms with Crippen molar-refractivity contribution in [2.75, 3.05) is 13.1 Å². The van der Waals surface area contributed by atoms with E-state index in [4.69, 9.17) is 18.0 Å². The number of hydrogen-bond donors (Lipinski definition) is 2. The summed E-state index contributed by atoms with van der Waals surface area (Å²) in [6.07, 6.45) is 5.48. The Morgan fingerprint density at radius 1 is 1.29 bits per heavy atom. The van der Waals surface area contributed by atoms with Gasteiger partial charge in [0.15, 0.2) is 0 Å². The Morgan fingerprint density at radius 2 is 2.00 bits per heavy atom. The normalized spacial score (nSPS) is 11.1. The predicted octanol–water partition coefficient (Wildman–Crippen LogP) is 0.940. The smallest absolute Gasteiger partial charge is 0.202 e. The van der Waals surface area contributed by atoms with E-state index >= 15 is 0 Å². The van der Waals surface area contributed by atoms with Crippen LogP contribution in [-0.4, -0.2) is 21.5 Å². The number of halogens is 1. The van der Waals surface area contributed by atoms with E-state index in [0.717, 1.165) is 5.56 Å². The summed E-state index contributed by atoms with van der Waals surface area (Å²) in [6, 6.07) is 7.30. The van der Waals surface area contributed by atoms with Gasteiger partial charge in [0.1, 0.15) is 0 Å². The third kappa shape index (κ3) is 5.20. The molecular weight excluding hydrogens is 260 g/mol. The number of hydrogen-bond acceptors (Lipinski definition) is 2. The van der Waals surface area contributed by atoms with Crippen molar-refractivity contribution in [3.8, 4) is 12.3 Å². The molecule has 0 bridgehead atoms. The van der Waals surface area contributed by atoms with Gasteiger partial charge in [-0.25, -0.2) is 4.72 Å². The number of benzene rings is 1. The molecule has 0 atom stereocenters. The van der Waals surface area contributed by atoms with Crippen LogP contribution in [0, 0.1) is 12.3 Å². The maximum atomic E-state index is 11.3. The highest BCUT2D eigenvalue weighted by Crippen LogP contribution is 2.14. The van der Waals surface area contributed by atoms with Crippen molar-refractivity contribution in [2.24, 2.45) is 0 Å². The van der Waals surface area contributed by atoms with Gasteiger partial charge in [-0.2, -0.15) is 13.1 Å². The van der Waals surface area contributed by atoms with Crippen molar-refractivity contribution >= 4 is 21.8 Å². The van der Waals surface area contributed by atoms with Crippen molar-refractivity contribution in [2.45, 2.75) is 6.42 Å². The molecule has 17 heavy (non-hydrogen) atoms. The lowest BCUT2D eigenvalue weighted by Gasteiger charge is -2.07. The average Bonchev–Trinajstić information content (AvgIpc) is 2.29. The van der Waals surface area contributed by atoms with Gasteiger partial charge in [-0.05, 0) is 18.1 Å². The first-order valence-corrected chi connectivity index (χ1v) is 6.82. The number of nitrogens with one attached hydrogen (secondary N) is 2. The van der Waals surface area contributed by atoms with Gasteiger partial charge in [0.25, 0.3) is 10.2 Å². The number of rotatable bonds is 6. The summed E-state index contributed by atoms with van der Waals surface area (Å²) in [5.41, 5.74) is 0.897. The maximum Gasteiger partial charge on any atom is 0.277 e. The summed E-state index contributed by atoms with van der Waals surface area (Å²) >= 11 is 5.94. The lowest BCUT2D eigenvalue weighted by Crippen LogP contribution is -2.37. The molecule has 0 aliphatic heterocycles. The second-order valence-corrected chi connectivity index (χ2v) is 5.26. The molecule has 2 N–H and O–H groups in total. The van der Waals surface area contributed by atoms with Gasteiger partial charge in [0.2, 0.25) is 0 Å². The molecule has 0 spiro atoms. The van der Waals surface area contributed by atoms with E-state index < -0.39 is 10.2 Å². The first-order valence-electron chi connectivity index (χ1n) is 4.96. The molecule has 92 valence electrons. The minimum Gasteiger partial charge on any atom is -0.202 e. The Bertz CT molecular complexity index is 508. The quantitative estimate of drug-likeness (QED) is 0.758. The standard InChI is InChI=1S/C11H13ClN2O2S/c1-2-8-13-17(15,16)14-9-7-10-5-3-4-6-11(10)12/h1,3-6,13-14H,7-9H2. The molecule has 0 amide bonds. The van der Waals surface area contributed by atoms with E-state index in [1.165, 1.54) is 0 Å². The molecule has 0 aromatic heterocycles. The molecule has 0 saturated heterocycles. The number of terminal acetylenes is 1. The zero-order valence-corrected chi connectivity index (χ0v) is 10.7. The average molecular weight is 273 g/mol. The van der Waals surface area contributed by atoms with Crippen molar-refractivity contribution < 1.29 is 8.42 Å². The van der Waals surface area contributed by atoms with Crippen LogP contribution in [0.5, 0.6) is 0 Å². The fourth-order valence-electron chi connectivity index (χ4n) is 1.21. The minimum atomic E-state index is -3.51. The van der Waals surface area contributed by atoms with Crippen LogP contribution in [0.25, 0.3) is 0 Å². The summed E-state index contributed by atoms with van der Waals surface area (Å²) in [5, 5.41) is 0.628. The Hall–Kier alpha value is -1.06. The van der Waals surface area contributed by atoms with E-state index in [9.17, 15) is 8.42 Å². The first kappa shape index (κ1) is 14.0. The molecule has 1 aromatic carbocycles. The molecule has 6 heteroatoms. The molecular formula is C11H13ClN2O2S. The first-order chi connectivity index (χ1) is 8.05. The van der Waals surface area contributed by atoms with Gasteiger partial charge in [-0.3, -0.25) is 0 Å². The molecule has 0 saturated carbocycles. The highest BCUT2D eigenvalue weighted by molar-refractivity contribution is 7.87. The summed E-state index contributed by atoms with van der Waals surface area (Å²) in [6.45, 7) is 0.241. The van der Waals surface area contributed by atoms with Crippen molar-refractivity contribution in [1.29, 1.82) is 0 Å². The fourth-order valence-corrected chi connectivity index (χ4v) is 2.19. The van der Waals surface area contributed by atoms with Gasteiger partial charge in [0, 0.05) is 11.6 Å². The van der Waals surface area contributed by atoms with Crippen LogP contribution in [0.3, 0.4) is 0 Å². The van der Waals surface area contributed by atoms with E-state index in [0.29, 0.717) is 11.4 Å². The van der Waals surface area contributed by atoms with Crippen LogP contribution in [-0.2, 0) is 16.6 Å². The minimum absolute atomic E-state index is 0.0264. The van der Waals surface area contributed by atoms with Crippen LogP contribution in [0.15, 0.2) is 24.3 Å². The topological polar surface area (TPSA) is 58.2 Å². The Balaban J connectivity index is 2.44. The summed E-state index contributed by atoms with van der Waals surface area (Å²) in [7, 11) is -3.51. The van der Waals surface area contributed by atoms with Crippen molar-refractivity contribution in [3.63, 3.8) is 0 Å². The van der Waals surface area contributed by atoms with Crippen LogP contribution in [0.1, 0.15) is 5.56 Å². The maximum absolute atomic E-state index is 11.3. The zero-order valence-electron chi connectivity index (χ0n) is 9.11. The summed E-state index contributed by atoms with van der Waals surface area (Å²) < 4.78 is 27.2. The van der Waals surface area contributed by atoms with Gasteiger partial charge in [-0.1, -0.05) is 35.7 Å². The van der Waals surface area contributed by atoms with E-state index in [-0.39, 0.29) is 13.1 Å². The summed E-state index contributed by atoms with van der Waals surface area (Å²) in [4.78, 5) is 0. The zero-order chi connectivity index (χ0) is 12.7. The largest absolute Gasteiger partial charge is 0.277 e. The van der Waals surface area contributed by atoms with Crippen LogP contribution >= 0.6 is 11.6 Å². The van der Waals surface area contributed by atoms with Gasteiger partial charge < -0.3 is 0 Å². The van der Waals surface area contributed by atoms with Gasteiger partial charge in [-0.15, -0.1) is 6.42 Å². The SMILES string of the molecule is C#CCNS(=O)(=O)NCCc1ccccc1Cl. The van der Waals surface area contributed by atoms with Crippen molar-refractivity contribution in [3.05, 3.63) is 34.9 Å². The third-order valence-electron chi connectivity index (χ3n) is 2.01. The highest BCUT2D eigenvalue weighted by Gasteiger charge is 2.07. The Labute approximate surface area is 107 Å². The molecule has 0 unspecified atom stereocenters. The van der Waals surface area contributed by atoms with Crippen molar-refractivity contribution in [1.82, 2.24) is 9.44 Å². The van der Waals surface area contributed by atoms with E-state index in [1.54, 1.807) is 6.07 Å². The van der Waals surface area contributed by atoms with Crippen LogP contribution in [0.4, 0.5) is 0 Å². The second kappa shape index (κ2) is 6.62. The van der Waals surface area contributed by atoms with Gasteiger partial charge in [0.05, 0.1) is 6.54 Å². The molecule has 1 rings (SSSR count). The lowest BCUT2D eigenvalue weighted by molar-refractivity contribution is 0.571. The van der Waals surface area contributed by atoms with Crippen LogP contribution in [0.2, 0.25) is 5.02 Å². The predicted molar refractivity (Wildman–Crippen MR) is 68.9 cm³/mol. The summed E-state index contributed by atoms with van der Waals surface area (Å²) in [5.74, 6) is 2.19. The fraction of sp³-hybridized carbons (Fsp3) is 0.273. The second-order valence-electron chi connectivity index (χ2n) is 3.26. The molecule has 0 fully saturated rings. The molecule has 0 heterocycles. The Kier molecular flexibility index (Phi) is 5.45. The molecule has 0 aliphatic rings. The van der Waals surface area contributed by atoms with E-state index in [2.05, 4.69) is 15.4 Å². The molecule has 4 nitrogen and oxygen atoms in total.